The molecule has 1 nitrogen and oxygen atoms in total. The van der Waals surface area contributed by atoms with Crippen molar-refractivity contribution in [3.05, 3.63) is 47.2 Å². The van der Waals surface area contributed by atoms with Crippen molar-refractivity contribution in [1.82, 2.24) is 0 Å². The molecule has 98 valence electrons. The van der Waals surface area contributed by atoms with Gasteiger partial charge in [0.1, 0.15) is 0 Å². The SMILES string of the molecule is C=C(OCC1(Cc2cccc(Cl)c2)CC1)C(C)C. The Bertz CT molecular complexity index is 432. The predicted octanol–water partition coefficient (Wildman–Crippen LogP) is 4.85. The molecular weight excluding hydrogens is 244 g/mol. The van der Waals surface area contributed by atoms with E-state index in [1.165, 1.54) is 18.4 Å². The van der Waals surface area contributed by atoms with E-state index in [0.717, 1.165) is 23.8 Å². The Morgan fingerprint density at radius 2 is 2.17 bits per heavy atom. The Morgan fingerprint density at radius 1 is 1.44 bits per heavy atom. The van der Waals surface area contributed by atoms with Crippen LogP contribution in [0.15, 0.2) is 36.6 Å². The lowest BCUT2D eigenvalue weighted by Gasteiger charge is -2.19. The maximum absolute atomic E-state index is 6.02. The second kappa shape index (κ2) is 5.36. The average Bonchev–Trinajstić information content (AvgIpc) is 3.06. The van der Waals surface area contributed by atoms with Crippen LogP contribution in [0.4, 0.5) is 0 Å². The summed E-state index contributed by atoms with van der Waals surface area (Å²) in [6.45, 7) is 8.97. The smallest absolute Gasteiger partial charge is 0.0936 e. The van der Waals surface area contributed by atoms with Gasteiger partial charge in [0.25, 0.3) is 0 Å². The summed E-state index contributed by atoms with van der Waals surface area (Å²) < 4.78 is 5.81. The first-order valence-corrected chi connectivity index (χ1v) is 6.95. The first kappa shape index (κ1) is 13.5. The van der Waals surface area contributed by atoms with Crippen LogP contribution in [0.5, 0.6) is 0 Å². The summed E-state index contributed by atoms with van der Waals surface area (Å²) in [5, 5.41) is 0.816. The number of benzene rings is 1. The summed E-state index contributed by atoms with van der Waals surface area (Å²) in [5.74, 6) is 1.29. The van der Waals surface area contributed by atoms with Gasteiger partial charge in [0.15, 0.2) is 0 Å². The molecule has 0 N–H and O–H groups in total. The number of halogens is 1. The van der Waals surface area contributed by atoms with Crippen LogP contribution in [0.2, 0.25) is 5.02 Å². The maximum Gasteiger partial charge on any atom is 0.0936 e. The Kier molecular flexibility index (Phi) is 4.01. The lowest BCUT2D eigenvalue weighted by Crippen LogP contribution is -2.14. The lowest BCUT2D eigenvalue weighted by molar-refractivity contribution is 0.135. The van der Waals surface area contributed by atoms with Crippen molar-refractivity contribution < 1.29 is 4.74 Å². The number of rotatable bonds is 6. The third-order valence-electron chi connectivity index (χ3n) is 3.63. The first-order valence-electron chi connectivity index (χ1n) is 6.57. The Balaban J connectivity index is 1.90. The number of allylic oxidation sites excluding steroid dienone is 1. The van der Waals surface area contributed by atoms with E-state index in [0.29, 0.717) is 11.3 Å². The normalized spacial score (nSPS) is 16.7. The van der Waals surface area contributed by atoms with E-state index >= 15 is 0 Å². The molecule has 18 heavy (non-hydrogen) atoms. The molecule has 0 heterocycles. The average molecular weight is 265 g/mol. The first-order chi connectivity index (χ1) is 8.51. The van der Waals surface area contributed by atoms with E-state index in [9.17, 15) is 0 Å². The Labute approximate surface area is 115 Å². The standard InChI is InChI=1S/C16H21ClO/c1-12(2)13(3)18-11-16(7-8-16)10-14-5-4-6-15(17)9-14/h4-6,9,12H,3,7-8,10-11H2,1-2H3. The van der Waals surface area contributed by atoms with Crippen molar-refractivity contribution in [2.24, 2.45) is 11.3 Å². The van der Waals surface area contributed by atoms with Crippen LogP contribution in [0.1, 0.15) is 32.3 Å². The highest BCUT2D eigenvalue weighted by Crippen LogP contribution is 2.49. The van der Waals surface area contributed by atoms with Crippen LogP contribution in [0.3, 0.4) is 0 Å². The lowest BCUT2D eigenvalue weighted by atomic mass is 9.97. The topological polar surface area (TPSA) is 9.23 Å². The van der Waals surface area contributed by atoms with Gasteiger partial charge in [-0.25, -0.2) is 0 Å². The number of hydrogen-bond donors (Lipinski definition) is 0. The molecule has 0 atom stereocenters. The molecular formula is C16H21ClO. The van der Waals surface area contributed by atoms with Gasteiger partial charge in [-0.2, -0.15) is 0 Å². The summed E-state index contributed by atoms with van der Waals surface area (Å²) in [5.41, 5.74) is 1.63. The maximum atomic E-state index is 6.02. The molecule has 2 heteroatoms. The highest BCUT2D eigenvalue weighted by atomic mass is 35.5. The minimum Gasteiger partial charge on any atom is -0.498 e. The Morgan fingerprint density at radius 3 is 2.72 bits per heavy atom. The van der Waals surface area contributed by atoms with Crippen molar-refractivity contribution in [2.75, 3.05) is 6.61 Å². The highest BCUT2D eigenvalue weighted by molar-refractivity contribution is 6.30. The van der Waals surface area contributed by atoms with Gasteiger partial charge in [-0.3, -0.25) is 0 Å². The molecule has 0 amide bonds. The van der Waals surface area contributed by atoms with Crippen LogP contribution in [0.25, 0.3) is 0 Å². The summed E-state index contributed by atoms with van der Waals surface area (Å²) in [7, 11) is 0. The zero-order chi connectivity index (χ0) is 13.2. The van der Waals surface area contributed by atoms with E-state index < -0.39 is 0 Å². The van der Waals surface area contributed by atoms with Crippen molar-refractivity contribution >= 4 is 11.6 Å². The fraction of sp³-hybridized carbons (Fsp3) is 0.500. The predicted molar refractivity (Wildman–Crippen MR) is 76.8 cm³/mol. The fourth-order valence-corrected chi connectivity index (χ4v) is 2.25. The summed E-state index contributed by atoms with van der Waals surface area (Å²) in [6.07, 6.45) is 3.54. The molecule has 0 unspecified atom stereocenters. The molecule has 1 aliphatic rings. The molecule has 0 radical (unpaired) electrons. The van der Waals surface area contributed by atoms with Gasteiger partial charge in [0, 0.05) is 16.4 Å². The molecule has 1 fully saturated rings. The zero-order valence-corrected chi connectivity index (χ0v) is 12.0. The van der Waals surface area contributed by atoms with Crippen LogP contribution >= 0.6 is 11.6 Å². The van der Waals surface area contributed by atoms with Crippen LogP contribution in [-0.4, -0.2) is 6.61 Å². The van der Waals surface area contributed by atoms with Crippen LogP contribution in [-0.2, 0) is 11.2 Å². The monoisotopic (exact) mass is 264 g/mol. The zero-order valence-electron chi connectivity index (χ0n) is 11.2. The number of ether oxygens (including phenoxy) is 1. The largest absolute Gasteiger partial charge is 0.498 e. The molecule has 2 rings (SSSR count). The minimum atomic E-state index is 0.322. The third kappa shape index (κ3) is 3.52. The van der Waals surface area contributed by atoms with Gasteiger partial charge in [-0.15, -0.1) is 0 Å². The van der Waals surface area contributed by atoms with E-state index in [2.05, 4.69) is 32.6 Å². The fourth-order valence-electron chi connectivity index (χ4n) is 2.04. The van der Waals surface area contributed by atoms with Crippen molar-refractivity contribution in [3.8, 4) is 0 Å². The van der Waals surface area contributed by atoms with E-state index in [1.807, 2.05) is 12.1 Å². The van der Waals surface area contributed by atoms with Gasteiger partial charge in [-0.05, 0) is 37.0 Å². The summed E-state index contributed by atoms with van der Waals surface area (Å²) >= 11 is 6.02. The second-order valence-electron chi connectivity index (χ2n) is 5.72. The summed E-state index contributed by atoms with van der Waals surface area (Å²) in [4.78, 5) is 0. The summed E-state index contributed by atoms with van der Waals surface area (Å²) in [6, 6.07) is 8.13. The second-order valence-corrected chi connectivity index (χ2v) is 6.15. The molecule has 1 aromatic carbocycles. The molecule has 1 aliphatic carbocycles. The van der Waals surface area contributed by atoms with Crippen LogP contribution in [0, 0.1) is 11.3 Å². The van der Waals surface area contributed by atoms with Crippen molar-refractivity contribution in [2.45, 2.75) is 33.1 Å². The van der Waals surface area contributed by atoms with Gasteiger partial charge >= 0.3 is 0 Å². The van der Waals surface area contributed by atoms with E-state index in [-0.39, 0.29) is 0 Å². The van der Waals surface area contributed by atoms with Crippen molar-refractivity contribution in [1.29, 1.82) is 0 Å². The van der Waals surface area contributed by atoms with E-state index in [1.54, 1.807) is 0 Å². The highest BCUT2D eigenvalue weighted by Gasteiger charge is 2.43. The molecule has 0 bridgehead atoms. The van der Waals surface area contributed by atoms with Gasteiger partial charge in [-0.1, -0.05) is 44.2 Å². The molecule has 0 aliphatic heterocycles. The molecule has 1 aromatic rings. The quantitative estimate of drug-likeness (QED) is 0.668. The molecule has 0 spiro atoms. The third-order valence-corrected chi connectivity index (χ3v) is 3.87. The Hall–Kier alpha value is -0.950. The van der Waals surface area contributed by atoms with Gasteiger partial charge in [0.05, 0.1) is 12.4 Å². The van der Waals surface area contributed by atoms with Crippen molar-refractivity contribution in [3.63, 3.8) is 0 Å². The van der Waals surface area contributed by atoms with Gasteiger partial charge in [0.2, 0.25) is 0 Å². The molecule has 0 aromatic heterocycles. The molecule has 0 saturated heterocycles. The number of hydrogen-bond acceptors (Lipinski definition) is 1. The molecule has 1 saturated carbocycles. The van der Waals surface area contributed by atoms with E-state index in [4.69, 9.17) is 16.3 Å². The minimum absolute atomic E-state index is 0.322. The van der Waals surface area contributed by atoms with Crippen LogP contribution < -0.4 is 0 Å². The van der Waals surface area contributed by atoms with Gasteiger partial charge < -0.3 is 4.74 Å².